The average molecular weight is 377 g/mol. The van der Waals surface area contributed by atoms with Crippen LogP contribution in [0, 0.1) is 5.92 Å². The van der Waals surface area contributed by atoms with E-state index in [0.717, 1.165) is 6.42 Å². The van der Waals surface area contributed by atoms with Gasteiger partial charge in [0, 0.05) is 12.5 Å². The molecule has 0 spiro atoms. The van der Waals surface area contributed by atoms with E-state index in [1.807, 2.05) is 6.92 Å². The van der Waals surface area contributed by atoms with E-state index in [2.05, 4.69) is 5.32 Å². The third kappa shape index (κ3) is 11.8. The smallest absolute Gasteiger partial charge is 0.305 e. The molecule has 0 aromatic heterocycles. The number of amides is 1. The largest absolute Gasteiger partial charge is 0.481 e. The summed E-state index contributed by atoms with van der Waals surface area (Å²) in [5.74, 6) is -2.48. The lowest BCUT2D eigenvalue weighted by Gasteiger charge is -2.34. The fourth-order valence-electron chi connectivity index (χ4n) is 1.90. The lowest BCUT2D eigenvalue weighted by Crippen LogP contribution is -2.59. The first kappa shape index (κ1) is 24.3. The molecule has 1 amide bonds. The van der Waals surface area contributed by atoms with Crippen LogP contribution in [-0.4, -0.2) is 73.2 Å². The minimum Gasteiger partial charge on any atom is -0.481 e. The summed E-state index contributed by atoms with van der Waals surface area (Å²) >= 11 is 0. The molecule has 0 aromatic rings. The Morgan fingerprint density at radius 1 is 0.885 bits per heavy atom. The normalized spacial score (nSPS) is 11.5. The Balaban J connectivity index is 5.00. The molecule has 26 heavy (non-hydrogen) atoms. The molecule has 0 saturated carbocycles. The van der Waals surface area contributed by atoms with E-state index in [-0.39, 0.29) is 57.7 Å². The van der Waals surface area contributed by atoms with Crippen molar-refractivity contribution in [2.75, 3.05) is 39.6 Å². The summed E-state index contributed by atoms with van der Waals surface area (Å²) in [6.45, 7) is 5.97. The monoisotopic (exact) mass is 377 g/mol. The number of carboxylic acid groups (broad SMARTS) is 2. The highest BCUT2D eigenvalue weighted by atomic mass is 16.5. The second kappa shape index (κ2) is 13.5. The van der Waals surface area contributed by atoms with Crippen LogP contribution >= 0.6 is 0 Å². The van der Waals surface area contributed by atoms with Crippen molar-refractivity contribution in [1.82, 2.24) is 5.32 Å². The van der Waals surface area contributed by atoms with Crippen molar-refractivity contribution in [3.8, 4) is 0 Å². The molecule has 0 bridgehead atoms. The van der Waals surface area contributed by atoms with Gasteiger partial charge in [-0.05, 0) is 6.42 Å². The lowest BCUT2D eigenvalue weighted by atomic mass is 10.0. The van der Waals surface area contributed by atoms with Crippen LogP contribution in [-0.2, 0) is 28.6 Å². The van der Waals surface area contributed by atoms with E-state index in [9.17, 15) is 14.4 Å². The van der Waals surface area contributed by atoms with Crippen molar-refractivity contribution < 1.29 is 38.8 Å². The molecule has 0 fully saturated rings. The van der Waals surface area contributed by atoms with Gasteiger partial charge in [-0.25, -0.2) is 0 Å². The fraction of sp³-hybridized carbons (Fsp3) is 0.824. The van der Waals surface area contributed by atoms with Gasteiger partial charge in [-0.15, -0.1) is 0 Å². The number of carbonyl (C=O) groups is 3. The summed E-state index contributed by atoms with van der Waals surface area (Å²) in [6, 6.07) is 0. The van der Waals surface area contributed by atoms with Crippen molar-refractivity contribution in [3.63, 3.8) is 0 Å². The molecule has 0 rings (SSSR count). The van der Waals surface area contributed by atoms with E-state index < -0.39 is 17.5 Å². The molecule has 0 aliphatic heterocycles. The topological polar surface area (TPSA) is 131 Å². The number of ether oxygens (including phenoxy) is 3. The van der Waals surface area contributed by atoms with Gasteiger partial charge in [0.25, 0.3) is 0 Å². The molecule has 0 unspecified atom stereocenters. The van der Waals surface area contributed by atoms with E-state index in [1.54, 1.807) is 13.8 Å². The predicted molar refractivity (Wildman–Crippen MR) is 93.0 cm³/mol. The van der Waals surface area contributed by atoms with Crippen molar-refractivity contribution in [1.29, 1.82) is 0 Å². The highest BCUT2D eigenvalue weighted by Gasteiger charge is 2.34. The fourth-order valence-corrected chi connectivity index (χ4v) is 1.90. The number of carboxylic acids is 2. The van der Waals surface area contributed by atoms with Crippen LogP contribution in [0.25, 0.3) is 0 Å². The van der Waals surface area contributed by atoms with Crippen molar-refractivity contribution in [3.05, 3.63) is 0 Å². The van der Waals surface area contributed by atoms with Crippen LogP contribution in [0.2, 0.25) is 0 Å². The molecular weight excluding hydrogens is 346 g/mol. The van der Waals surface area contributed by atoms with Gasteiger partial charge >= 0.3 is 11.9 Å². The summed E-state index contributed by atoms with van der Waals surface area (Å²) in [7, 11) is 0. The Morgan fingerprint density at radius 3 is 1.65 bits per heavy atom. The summed E-state index contributed by atoms with van der Waals surface area (Å²) in [6.07, 6.45) is 0.460. The van der Waals surface area contributed by atoms with Crippen LogP contribution in [0.5, 0.6) is 0 Å². The zero-order valence-corrected chi connectivity index (χ0v) is 15.8. The van der Waals surface area contributed by atoms with Gasteiger partial charge < -0.3 is 29.7 Å². The lowest BCUT2D eigenvalue weighted by molar-refractivity contribution is -0.140. The maximum absolute atomic E-state index is 12.2. The second-order valence-corrected chi connectivity index (χ2v) is 6.37. The van der Waals surface area contributed by atoms with Gasteiger partial charge in [0.2, 0.25) is 5.91 Å². The van der Waals surface area contributed by atoms with Crippen molar-refractivity contribution in [2.45, 2.75) is 45.6 Å². The first-order valence-corrected chi connectivity index (χ1v) is 8.71. The number of nitrogens with one attached hydrogen (secondary N) is 1. The molecule has 0 aromatic carbocycles. The molecule has 9 heteroatoms. The Morgan fingerprint density at radius 2 is 1.31 bits per heavy atom. The molecule has 0 aliphatic rings. The molecule has 152 valence electrons. The zero-order valence-electron chi connectivity index (χ0n) is 15.8. The summed E-state index contributed by atoms with van der Waals surface area (Å²) in [4.78, 5) is 33.5. The first-order valence-electron chi connectivity index (χ1n) is 8.71. The van der Waals surface area contributed by atoms with Crippen LogP contribution < -0.4 is 5.32 Å². The molecule has 3 N–H and O–H groups in total. The first-order chi connectivity index (χ1) is 12.2. The third-order valence-electron chi connectivity index (χ3n) is 3.32. The molecular formula is C17H31NO8. The van der Waals surface area contributed by atoms with Gasteiger partial charge in [-0.3, -0.25) is 14.4 Å². The quantitative estimate of drug-likeness (QED) is 0.338. The van der Waals surface area contributed by atoms with E-state index in [1.165, 1.54) is 0 Å². The van der Waals surface area contributed by atoms with Crippen LogP contribution in [0.15, 0.2) is 0 Å². The number of rotatable bonds is 16. The highest BCUT2D eigenvalue weighted by Crippen LogP contribution is 2.12. The molecule has 0 saturated heterocycles. The maximum atomic E-state index is 12.2. The number of aliphatic carboxylic acids is 2. The number of hydrogen-bond donors (Lipinski definition) is 3. The molecule has 0 heterocycles. The molecule has 0 radical (unpaired) electrons. The molecule has 0 aliphatic carbocycles. The van der Waals surface area contributed by atoms with Gasteiger partial charge in [-0.2, -0.15) is 0 Å². The Bertz CT molecular complexity index is 416. The second-order valence-electron chi connectivity index (χ2n) is 6.37. The van der Waals surface area contributed by atoms with Crippen molar-refractivity contribution in [2.24, 2.45) is 5.92 Å². The molecule has 9 nitrogen and oxygen atoms in total. The maximum Gasteiger partial charge on any atom is 0.305 e. The van der Waals surface area contributed by atoms with Gasteiger partial charge in [0.1, 0.15) is 5.54 Å². The van der Waals surface area contributed by atoms with E-state index >= 15 is 0 Å². The van der Waals surface area contributed by atoms with Gasteiger partial charge in [0.05, 0.1) is 45.9 Å². The Kier molecular flexibility index (Phi) is 12.6. The Hall–Kier alpha value is -1.71. The summed E-state index contributed by atoms with van der Waals surface area (Å²) < 4.78 is 16.4. The SMILES string of the molecule is CCCOCC(COCCC(=O)O)(COCCC(=O)O)NC(=O)C(C)C. The predicted octanol–water partition coefficient (Wildman–Crippen LogP) is 0.907. The minimum absolute atomic E-state index is 0.00444. The minimum atomic E-state index is -1.02. The van der Waals surface area contributed by atoms with Crippen LogP contribution in [0.1, 0.15) is 40.0 Å². The standard InChI is InChI=1S/C17H31NO8/c1-4-7-24-10-17(18-16(23)13(2)3,11-25-8-5-14(19)20)12-26-9-6-15(21)22/h13H,4-12H2,1-3H3,(H,18,23)(H,19,20)(H,21,22). The third-order valence-corrected chi connectivity index (χ3v) is 3.32. The average Bonchev–Trinajstić information content (AvgIpc) is 2.55. The van der Waals surface area contributed by atoms with Crippen LogP contribution in [0.4, 0.5) is 0 Å². The summed E-state index contributed by atoms with van der Waals surface area (Å²) in [5.41, 5.74) is -1.02. The van der Waals surface area contributed by atoms with Crippen LogP contribution in [0.3, 0.4) is 0 Å². The zero-order chi connectivity index (χ0) is 20.0. The van der Waals surface area contributed by atoms with E-state index in [4.69, 9.17) is 24.4 Å². The summed E-state index contributed by atoms with van der Waals surface area (Å²) in [5, 5.41) is 20.3. The van der Waals surface area contributed by atoms with Gasteiger partial charge in [0.15, 0.2) is 0 Å². The molecule has 0 atom stereocenters. The Labute approximate surface area is 154 Å². The van der Waals surface area contributed by atoms with Crippen molar-refractivity contribution >= 4 is 17.8 Å². The highest BCUT2D eigenvalue weighted by molar-refractivity contribution is 5.78. The number of carbonyl (C=O) groups excluding carboxylic acids is 1. The van der Waals surface area contributed by atoms with E-state index in [0.29, 0.717) is 6.61 Å². The van der Waals surface area contributed by atoms with Gasteiger partial charge in [-0.1, -0.05) is 20.8 Å². The number of hydrogen-bond acceptors (Lipinski definition) is 6.